The average Bonchev–Trinajstić information content (AvgIpc) is 3.25. The van der Waals surface area contributed by atoms with Gasteiger partial charge < -0.3 is 15.4 Å². The minimum Gasteiger partial charge on any atom is -0.377 e. The van der Waals surface area contributed by atoms with Gasteiger partial charge in [0.2, 0.25) is 0 Å². The third-order valence-corrected chi connectivity index (χ3v) is 4.71. The summed E-state index contributed by atoms with van der Waals surface area (Å²) in [5.74, 6) is 0.350. The van der Waals surface area contributed by atoms with Gasteiger partial charge in [-0.25, -0.2) is 9.78 Å². The van der Waals surface area contributed by atoms with E-state index in [0.717, 1.165) is 0 Å². The summed E-state index contributed by atoms with van der Waals surface area (Å²) in [6.07, 6.45) is 4.09. The van der Waals surface area contributed by atoms with E-state index in [4.69, 9.17) is 16.3 Å². The number of carbonyl (C=O) groups excluding carboxylic acids is 1. The Morgan fingerprint density at radius 3 is 2.53 bits per heavy atom. The Bertz CT molecular complexity index is 1120. The average molecular weight is 427 g/mol. The molecule has 1 atom stereocenters. The number of methoxy groups -OCH3 is 1. The third-order valence-electron chi connectivity index (χ3n) is 4.43. The van der Waals surface area contributed by atoms with Gasteiger partial charge in [-0.15, -0.1) is 4.80 Å². The van der Waals surface area contributed by atoms with E-state index in [1.807, 2.05) is 0 Å². The molecule has 0 radical (unpaired) electrons. The van der Waals surface area contributed by atoms with E-state index in [9.17, 15) is 10.1 Å². The monoisotopic (exact) mass is 426 g/mol. The number of ether oxygens (including phenoxy) is 1. The summed E-state index contributed by atoms with van der Waals surface area (Å²) in [6, 6.07) is 3.15. The number of halogens is 1. The highest BCUT2D eigenvalue weighted by Gasteiger charge is 2.20. The summed E-state index contributed by atoms with van der Waals surface area (Å²) in [5.41, 5.74) is 2.77. The molecule has 10 nitrogen and oxygen atoms in total. The van der Waals surface area contributed by atoms with Gasteiger partial charge in [0.1, 0.15) is 6.07 Å². The largest absolute Gasteiger partial charge is 0.377 e. The van der Waals surface area contributed by atoms with Crippen molar-refractivity contribution >= 4 is 29.0 Å². The van der Waals surface area contributed by atoms with Crippen molar-refractivity contribution in [2.45, 2.75) is 26.9 Å². The first-order valence-corrected chi connectivity index (χ1v) is 9.27. The molecule has 0 bridgehead atoms. The second-order valence-electron chi connectivity index (χ2n) is 6.36. The fraction of sp³-hybridized carbons (Fsp3) is 0.263. The Morgan fingerprint density at radius 1 is 1.23 bits per heavy atom. The summed E-state index contributed by atoms with van der Waals surface area (Å²) in [7, 11) is 1.53. The van der Waals surface area contributed by atoms with Crippen LogP contribution in [0.5, 0.6) is 0 Å². The van der Waals surface area contributed by atoms with Crippen LogP contribution in [0.15, 0.2) is 24.7 Å². The predicted molar refractivity (Wildman–Crippen MR) is 111 cm³/mol. The number of nitrogens with zero attached hydrogens (tertiary/aromatic N) is 6. The van der Waals surface area contributed by atoms with Gasteiger partial charge >= 0.3 is 6.03 Å². The highest BCUT2D eigenvalue weighted by Crippen LogP contribution is 2.30. The fourth-order valence-electron chi connectivity index (χ4n) is 2.84. The van der Waals surface area contributed by atoms with Gasteiger partial charge in [-0.2, -0.15) is 15.5 Å². The lowest BCUT2D eigenvalue weighted by atomic mass is 10.0. The van der Waals surface area contributed by atoms with Crippen LogP contribution in [-0.2, 0) is 4.74 Å². The molecule has 154 valence electrons. The maximum absolute atomic E-state index is 12.6. The molecule has 2 N–H and O–H groups in total. The smallest absolute Gasteiger partial charge is 0.323 e. The van der Waals surface area contributed by atoms with Crippen molar-refractivity contribution in [2.75, 3.05) is 17.7 Å². The van der Waals surface area contributed by atoms with Crippen molar-refractivity contribution < 1.29 is 9.53 Å². The van der Waals surface area contributed by atoms with Crippen molar-refractivity contribution in [3.8, 4) is 11.9 Å². The van der Waals surface area contributed by atoms with E-state index in [2.05, 4.69) is 36.9 Å². The van der Waals surface area contributed by atoms with Crippen molar-refractivity contribution in [3.63, 3.8) is 0 Å². The first-order valence-electron chi connectivity index (χ1n) is 8.90. The predicted octanol–water partition coefficient (Wildman–Crippen LogP) is 3.55. The molecule has 3 heterocycles. The van der Waals surface area contributed by atoms with E-state index in [-0.39, 0.29) is 5.02 Å². The van der Waals surface area contributed by atoms with E-state index < -0.39 is 12.1 Å². The van der Waals surface area contributed by atoms with Crippen molar-refractivity contribution in [3.05, 3.63) is 52.2 Å². The van der Waals surface area contributed by atoms with Crippen LogP contribution in [0.4, 0.5) is 16.2 Å². The fourth-order valence-corrected chi connectivity index (χ4v) is 3.07. The molecule has 11 heteroatoms. The number of pyridine rings is 2. The molecule has 2 amide bonds. The van der Waals surface area contributed by atoms with Crippen LogP contribution < -0.4 is 10.6 Å². The summed E-state index contributed by atoms with van der Waals surface area (Å²) in [6.45, 7) is 5.23. The highest BCUT2D eigenvalue weighted by molar-refractivity contribution is 6.32. The van der Waals surface area contributed by atoms with Crippen molar-refractivity contribution in [2.24, 2.45) is 0 Å². The number of nitriles is 1. The summed E-state index contributed by atoms with van der Waals surface area (Å²) < 4.78 is 5.37. The molecular formula is C19H19ClN8O2. The molecule has 0 aliphatic heterocycles. The molecule has 3 aromatic rings. The number of urea groups is 1. The van der Waals surface area contributed by atoms with E-state index >= 15 is 0 Å². The normalized spacial score (nSPS) is 11.6. The molecule has 3 rings (SSSR count). The topological polar surface area (TPSA) is 131 Å². The molecule has 0 saturated carbocycles. The lowest BCUT2D eigenvalue weighted by molar-refractivity contribution is 0.120. The molecule has 0 aliphatic carbocycles. The van der Waals surface area contributed by atoms with Crippen LogP contribution in [0.2, 0.25) is 5.02 Å². The third kappa shape index (κ3) is 4.22. The van der Waals surface area contributed by atoms with Gasteiger partial charge in [-0.3, -0.25) is 4.98 Å². The quantitative estimate of drug-likeness (QED) is 0.637. The molecule has 0 saturated heterocycles. The van der Waals surface area contributed by atoms with Gasteiger partial charge in [-0.1, -0.05) is 11.6 Å². The van der Waals surface area contributed by atoms with Gasteiger partial charge in [-0.05, 0) is 26.8 Å². The van der Waals surface area contributed by atoms with E-state index in [1.165, 1.54) is 30.5 Å². The molecule has 0 spiro atoms. The van der Waals surface area contributed by atoms with Gasteiger partial charge in [0.15, 0.2) is 5.82 Å². The SMILES string of the molecule is CO[C@@H](C)c1c(NC(=O)Nc2cc(Cl)c(-n3nccn3)nc2C)cnc(C)c1C#N. The molecule has 0 fully saturated rings. The zero-order valence-corrected chi connectivity index (χ0v) is 17.5. The second-order valence-corrected chi connectivity index (χ2v) is 6.77. The van der Waals surface area contributed by atoms with Crippen LogP contribution in [0, 0.1) is 25.2 Å². The van der Waals surface area contributed by atoms with Crippen LogP contribution in [-0.4, -0.2) is 38.1 Å². The second kappa shape index (κ2) is 8.86. The Balaban J connectivity index is 1.87. The Hall–Kier alpha value is -3.55. The Labute approximate surface area is 177 Å². The van der Waals surface area contributed by atoms with Crippen LogP contribution in [0.1, 0.15) is 35.5 Å². The lowest BCUT2D eigenvalue weighted by Crippen LogP contribution is -2.22. The maximum atomic E-state index is 12.6. The van der Waals surface area contributed by atoms with E-state index in [1.54, 1.807) is 26.8 Å². The minimum absolute atomic E-state index is 0.268. The number of rotatable bonds is 5. The molecule has 0 aliphatic rings. The number of carbonyl (C=O) groups is 1. The summed E-state index contributed by atoms with van der Waals surface area (Å²) in [5, 5.41) is 23.2. The number of aryl methyl sites for hydroxylation is 2. The molecular weight excluding hydrogens is 408 g/mol. The van der Waals surface area contributed by atoms with Gasteiger partial charge in [0, 0.05) is 12.7 Å². The highest BCUT2D eigenvalue weighted by atomic mass is 35.5. The zero-order valence-electron chi connectivity index (χ0n) is 16.8. The first kappa shape index (κ1) is 21.2. The molecule has 0 aromatic carbocycles. The van der Waals surface area contributed by atoms with Crippen LogP contribution in [0.25, 0.3) is 5.82 Å². The minimum atomic E-state index is -0.542. The Kier molecular flexibility index (Phi) is 6.25. The van der Waals surface area contributed by atoms with E-state index in [0.29, 0.717) is 39.7 Å². The zero-order chi connectivity index (χ0) is 21.8. The molecule has 3 aromatic heterocycles. The standard InChI is InChI=1S/C19H19ClN8O2/c1-10-13(8-21)17(12(3)30-4)16(9-22-10)27-19(29)26-15-7-14(20)18(25-11(15)2)28-23-5-6-24-28/h5-7,9,12H,1-4H3,(H2,26,27,29)/t12-/m0/s1. The molecule has 0 unspecified atom stereocenters. The summed E-state index contributed by atoms with van der Waals surface area (Å²) >= 11 is 6.28. The maximum Gasteiger partial charge on any atom is 0.323 e. The summed E-state index contributed by atoms with van der Waals surface area (Å²) in [4.78, 5) is 22.5. The number of anilines is 2. The molecule has 30 heavy (non-hydrogen) atoms. The number of amides is 2. The van der Waals surface area contributed by atoms with Crippen LogP contribution in [0.3, 0.4) is 0 Å². The lowest BCUT2D eigenvalue weighted by Gasteiger charge is -2.18. The van der Waals surface area contributed by atoms with Gasteiger partial charge in [0.25, 0.3) is 0 Å². The number of hydrogen-bond acceptors (Lipinski definition) is 7. The van der Waals surface area contributed by atoms with Crippen LogP contribution >= 0.6 is 11.6 Å². The van der Waals surface area contributed by atoms with Crippen molar-refractivity contribution in [1.82, 2.24) is 25.0 Å². The first-order chi connectivity index (χ1) is 14.3. The van der Waals surface area contributed by atoms with Crippen molar-refractivity contribution in [1.29, 1.82) is 5.26 Å². The van der Waals surface area contributed by atoms with Gasteiger partial charge in [0.05, 0.1) is 58.0 Å². The number of aromatic nitrogens is 5. The number of nitrogens with one attached hydrogen (secondary N) is 2. The Morgan fingerprint density at radius 2 is 1.90 bits per heavy atom. The number of hydrogen-bond donors (Lipinski definition) is 2.